The average molecular weight is 220 g/mol. The van der Waals surface area contributed by atoms with Gasteiger partial charge in [-0.3, -0.25) is 0 Å². The third kappa shape index (κ3) is 1.98. The fourth-order valence-electron chi connectivity index (χ4n) is 3.46. The largest absolute Gasteiger partial charge is 0.390 e. The van der Waals surface area contributed by atoms with Crippen LogP contribution in [0.1, 0.15) is 46.5 Å². The molecule has 0 bridgehead atoms. The summed E-state index contributed by atoms with van der Waals surface area (Å²) in [6, 6.07) is 0. The Hall–Kier alpha value is -0.560. The summed E-state index contributed by atoms with van der Waals surface area (Å²) in [5.41, 5.74) is 2.06. The molecule has 90 valence electrons. The van der Waals surface area contributed by atoms with E-state index in [1.165, 1.54) is 24.0 Å². The van der Waals surface area contributed by atoms with Crippen LogP contribution in [0.15, 0.2) is 23.8 Å². The molecular formula is C15H24O. The minimum Gasteiger partial charge on any atom is -0.390 e. The van der Waals surface area contributed by atoms with E-state index in [1.807, 2.05) is 6.92 Å². The van der Waals surface area contributed by atoms with Gasteiger partial charge in [-0.05, 0) is 56.9 Å². The summed E-state index contributed by atoms with van der Waals surface area (Å²) in [7, 11) is 0. The molecule has 1 N–H and O–H groups in total. The lowest BCUT2D eigenvalue weighted by Gasteiger charge is -2.28. The first-order valence-corrected chi connectivity index (χ1v) is 6.51. The monoisotopic (exact) mass is 220 g/mol. The molecule has 4 unspecified atom stereocenters. The second kappa shape index (κ2) is 4.03. The summed E-state index contributed by atoms with van der Waals surface area (Å²) < 4.78 is 0. The number of allylic oxidation sites excluding steroid dienone is 2. The van der Waals surface area contributed by atoms with Crippen molar-refractivity contribution in [2.75, 3.05) is 0 Å². The molecule has 4 atom stereocenters. The van der Waals surface area contributed by atoms with Gasteiger partial charge in [0.15, 0.2) is 0 Å². The molecule has 16 heavy (non-hydrogen) atoms. The van der Waals surface area contributed by atoms with Crippen molar-refractivity contribution in [2.45, 2.75) is 52.1 Å². The molecule has 1 nitrogen and oxygen atoms in total. The van der Waals surface area contributed by atoms with Crippen LogP contribution in [-0.2, 0) is 0 Å². The van der Waals surface area contributed by atoms with E-state index in [9.17, 15) is 5.11 Å². The number of aliphatic hydroxyl groups is 1. The summed E-state index contributed by atoms with van der Waals surface area (Å²) in [5.74, 6) is 1.75. The van der Waals surface area contributed by atoms with Crippen LogP contribution in [0, 0.1) is 17.8 Å². The Morgan fingerprint density at radius 1 is 1.50 bits per heavy atom. The van der Waals surface area contributed by atoms with Crippen molar-refractivity contribution in [1.82, 2.24) is 0 Å². The normalized spacial score (nSPS) is 43.5. The number of rotatable bonds is 1. The Kier molecular flexibility index (Phi) is 3.00. The average Bonchev–Trinajstić information content (AvgIpc) is 2.38. The molecular weight excluding hydrogens is 196 g/mol. The lowest BCUT2D eigenvalue weighted by molar-refractivity contribution is 0.0257. The summed E-state index contributed by atoms with van der Waals surface area (Å²) in [6.45, 7) is 10.5. The fraction of sp³-hybridized carbons (Fsp3) is 0.733. The summed E-state index contributed by atoms with van der Waals surface area (Å²) in [5, 5.41) is 10.5. The van der Waals surface area contributed by atoms with Crippen LogP contribution >= 0.6 is 0 Å². The highest BCUT2D eigenvalue weighted by molar-refractivity contribution is 5.29. The molecule has 1 saturated carbocycles. The van der Waals surface area contributed by atoms with Gasteiger partial charge in [0.05, 0.1) is 5.60 Å². The van der Waals surface area contributed by atoms with E-state index in [0.717, 1.165) is 18.8 Å². The fourth-order valence-corrected chi connectivity index (χ4v) is 3.46. The van der Waals surface area contributed by atoms with E-state index < -0.39 is 5.60 Å². The predicted molar refractivity (Wildman–Crippen MR) is 68.1 cm³/mol. The molecule has 2 rings (SSSR count). The van der Waals surface area contributed by atoms with Crippen LogP contribution < -0.4 is 0 Å². The molecule has 0 amide bonds. The quantitative estimate of drug-likeness (QED) is 0.714. The van der Waals surface area contributed by atoms with E-state index in [1.54, 1.807) is 0 Å². The second-order valence-electron chi connectivity index (χ2n) is 6.07. The zero-order chi connectivity index (χ0) is 11.9. The summed E-state index contributed by atoms with van der Waals surface area (Å²) in [6.07, 6.45) is 6.84. The van der Waals surface area contributed by atoms with E-state index in [0.29, 0.717) is 11.8 Å². The summed E-state index contributed by atoms with van der Waals surface area (Å²) in [4.78, 5) is 0. The van der Waals surface area contributed by atoms with Crippen LogP contribution in [-0.4, -0.2) is 10.7 Å². The van der Waals surface area contributed by atoms with Crippen LogP contribution in [0.25, 0.3) is 0 Å². The Labute approximate surface area is 99.3 Å². The second-order valence-corrected chi connectivity index (χ2v) is 6.07. The first-order chi connectivity index (χ1) is 7.42. The molecule has 0 aliphatic heterocycles. The molecule has 2 aliphatic rings. The third-order valence-electron chi connectivity index (χ3n) is 4.69. The molecule has 0 radical (unpaired) electrons. The van der Waals surface area contributed by atoms with Gasteiger partial charge >= 0.3 is 0 Å². The van der Waals surface area contributed by atoms with Gasteiger partial charge in [-0.1, -0.05) is 25.2 Å². The van der Waals surface area contributed by atoms with Gasteiger partial charge in [-0.15, -0.1) is 0 Å². The molecule has 0 spiro atoms. The molecule has 0 saturated heterocycles. The smallest absolute Gasteiger partial charge is 0.0685 e. The summed E-state index contributed by atoms with van der Waals surface area (Å²) >= 11 is 0. The first kappa shape index (κ1) is 11.9. The molecule has 0 aromatic carbocycles. The Bertz CT molecular complexity index is 324. The van der Waals surface area contributed by atoms with E-state index in [2.05, 4.69) is 26.5 Å². The van der Waals surface area contributed by atoms with Crippen molar-refractivity contribution in [1.29, 1.82) is 0 Å². The number of hydrogen-bond donors (Lipinski definition) is 1. The highest BCUT2D eigenvalue weighted by atomic mass is 16.3. The van der Waals surface area contributed by atoms with Gasteiger partial charge in [-0.2, -0.15) is 0 Å². The topological polar surface area (TPSA) is 20.2 Å². The maximum Gasteiger partial charge on any atom is 0.0685 e. The SMILES string of the molecule is C=C(C)C1=CC2C(CCC2(C)O)C(C)CC1. The van der Waals surface area contributed by atoms with Crippen LogP contribution in [0.5, 0.6) is 0 Å². The minimum absolute atomic E-state index is 0.344. The van der Waals surface area contributed by atoms with Crippen molar-refractivity contribution in [3.05, 3.63) is 23.8 Å². The molecule has 0 aromatic rings. The van der Waals surface area contributed by atoms with Crippen molar-refractivity contribution < 1.29 is 5.11 Å². The molecule has 1 heteroatoms. The maximum atomic E-state index is 10.5. The van der Waals surface area contributed by atoms with Gasteiger partial charge in [0.2, 0.25) is 0 Å². The van der Waals surface area contributed by atoms with Gasteiger partial charge < -0.3 is 5.11 Å². The van der Waals surface area contributed by atoms with Gasteiger partial charge in [0.1, 0.15) is 0 Å². The predicted octanol–water partition coefficient (Wildman–Crippen LogP) is 3.70. The van der Waals surface area contributed by atoms with Crippen molar-refractivity contribution >= 4 is 0 Å². The van der Waals surface area contributed by atoms with E-state index in [4.69, 9.17) is 0 Å². The number of hydrogen-bond acceptors (Lipinski definition) is 1. The van der Waals surface area contributed by atoms with Gasteiger partial charge in [-0.25, -0.2) is 0 Å². The maximum absolute atomic E-state index is 10.5. The molecule has 0 aromatic heterocycles. The highest BCUT2D eigenvalue weighted by Gasteiger charge is 2.45. The van der Waals surface area contributed by atoms with Crippen LogP contribution in [0.3, 0.4) is 0 Å². The molecule has 2 aliphatic carbocycles. The zero-order valence-electron chi connectivity index (χ0n) is 10.8. The third-order valence-corrected chi connectivity index (χ3v) is 4.69. The van der Waals surface area contributed by atoms with Crippen molar-refractivity contribution in [2.24, 2.45) is 17.8 Å². The van der Waals surface area contributed by atoms with E-state index >= 15 is 0 Å². The number of fused-ring (bicyclic) bond motifs is 1. The molecule has 0 heterocycles. The first-order valence-electron chi connectivity index (χ1n) is 6.51. The van der Waals surface area contributed by atoms with Gasteiger partial charge in [0, 0.05) is 5.92 Å². The minimum atomic E-state index is -0.496. The zero-order valence-corrected chi connectivity index (χ0v) is 10.8. The van der Waals surface area contributed by atoms with Crippen molar-refractivity contribution in [3.63, 3.8) is 0 Å². The highest BCUT2D eigenvalue weighted by Crippen LogP contribution is 2.48. The lowest BCUT2D eigenvalue weighted by Crippen LogP contribution is -2.31. The standard InChI is InChI=1S/C15H24O/c1-10(2)12-6-5-11(3)13-7-8-15(4,16)14(13)9-12/h9,11,13-14,16H,1,5-8H2,2-4H3. The van der Waals surface area contributed by atoms with Crippen LogP contribution in [0.2, 0.25) is 0 Å². The van der Waals surface area contributed by atoms with Gasteiger partial charge in [0.25, 0.3) is 0 Å². The Balaban J connectivity index is 2.33. The Morgan fingerprint density at radius 2 is 2.19 bits per heavy atom. The lowest BCUT2D eigenvalue weighted by atomic mass is 9.80. The Morgan fingerprint density at radius 3 is 2.81 bits per heavy atom. The van der Waals surface area contributed by atoms with Crippen LogP contribution in [0.4, 0.5) is 0 Å². The van der Waals surface area contributed by atoms with Crippen molar-refractivity contribution in [3.8, 4) is 0 Å². The molecule has 1 fully saturated rings. The van der Waals surface area contributed by atoms with E-state index in [-0.39, 0.29) is 0 Å².